The fraction of sp³-hybridized carbons (Fsp3) is 0.400. The van der Waals surface area contributed by atoms with Gasteiger partial charge in [-0.15, -0.1) is 12.4 Å². The summed E-state index contributed by atoms with van der Waals surface area (Å²) in [6.45, 7) is 3.50. The number of benzene rings is 2. The fourth-order valence-corrected chi connectivity index (χ4v) is 3.23. The lowest BCUT2D eigenvalue weighted by atomic mass is 10.0. The number of ether oxygens (including phenoxy) is 1. The molecule has 1 N–H and O–H groups in total. The van der Waals surface area contributed by atoms with E-state index in [1.54, 1.807) is 12.1 Å². The molecule has 1 saturated heterocycles. The fourth-order valence-electron chi connectivity index (χ4n) is 3.23. The Morgan fingerprint density at radius 2 is 1.92 bits per heavy atom. The van der Waals surface area contributed by atoms with Crippen molar-refractivity contribution < 1.29 is 14.2 Å². The molecule has 1 fully saturated rings. The van der Waals surface area contributed by atoms with Crippen LogP contribution in [0.25, 0.3) is 0 Å². The number of hydrogen-bond acceptors (Lipinski definition) is 3. The van der Waals surface area contributed by atoms with E-state index in [1.165, 1.54) is 11.6 Å². The van der Waals surface area contributed by atoms with Crippen LogP contribution in [0.15, 0.2) is 48.5 Å². The van der Waals surface area contributed by atoms with E-state index in [2.05, 4.69) is 24.0 Å². The first-order valence-corrected chi connectivity index (χ1v) is 8.57. The van der Waals surface area contributed by atoms with Crippen molar-refractivity contribution in [2.45, 2.75) is 38.5 Å². The van der Waals surface area contributed by atoms with Crippen molar-refractivity contribution in [2.75, 3.05) is 13.1 Å². The van der Waals surface area contributed by atoms with Crippen LogP contribution in [0.3, 0.4) is 0 Å². The van der Waals surface area contributed by atoms with Crippen molar-refractivity contribution in [1.29, 1.82) is 0 Å². The number of aliphatic hydroxyl groups is 1. The molecule has 0 aromatic heterocycles. The van der Waals surface area contributed by atoms with Crippen molar-refractivity contribution in [3.63, 3.8) is 0 Å². The third-order valence-electron chi connectivity index (χ3n) is 4.54. The zero-order valence-corrected chi connectivity index (χ0v) is 15.2. The van der Waals surface area contributed by atoms with Crippen LogP contribution in [0.1, 0.15) is 24.5 Å². The molecule has 3 rings (SSSR count). The highest BCUT2D eigenvalue weighted by molar-refractivity contribution is 5.85. The van der Waals surface area contributed by atoms with Gasteiger partial charge in [0, 0.05) is 13.0 Å². The molecule has 0 amide bonds. The van der Waals surface area contributed by atoms with Crippen LogP contribution in [0, 0.1) is 5.82 Å². The number of nitrogens with zero attached hydrogens (tertiary/aromatic N) is 1. The first kappa shape index (κ1) is 19.7. The molecule has 0 radical (unpaired) electrons. The second-order valence-corrected chi connectivity index (χ2v) is 6.29. The van der Waals surface area contributed by atoms with Gasteiger partial charge in [0.05, 0.1) is 6.10 Å². The number of hydrogen-bond donors (Lipinski definition) is 1. The largest absolute Gasteiger partial charge is 0.475 e. The summed E-state index contributed by atoms with van der Waals surface area (Å²) >= 11 is 0. The third-order valence-corrected chi connectivity index (χ3v) is 4.54. The monoisotopic (exact) mass is 365 g/mol. The van der Waals surface area contributed by atoms with Crippen LogP contribution in [-0.4, -0.2) is 35.4 Å². The Hall–Kier alpha value is -1.62. The molecule has 3 nitrogen and oxygen atoms in total. The molecule has 2 atom stereocenters. The molecule has 2 aromatic rings. The summed E-state index contributed by atoms with van der Waals surface area (Å²) in [4.78, 5) is 2.11. The number of aliphatic hydroxyl groups excluding tert-OH is 1. The predicted molar refractivity (Wildman–Crippen MR) is 99.8 cm³/mol. The number of halogens is 2. The lowest BCUT2D eigenvalue weighted by Crippen LogP contribution is -2.34. The average molecular weight is 366 g/mol. The van der Waals surface area contributed by atoms with Gasteiger partial charge in [0.2, 0.25) is 0 Å². The van der Waals surface area contributed by atoms with Crippen molar-refractivity contribution in [1.82, 2.24) is 4.90 Å². The molecular weight excluding hydrogens is 341 g/mol. The molecule has 1 aliphatic rings. The quantitative estimate of drug-likeness (QED) is 0.844. The van der Waals surface area contributed by atoms with Crippen LogP contribution in [0.4, 0.5) is 4.39 Å². The van der Waals surface area contributed by atoms with E-state index in [4.69, 9.17) is 4.74 Å². The number of likely N-dealkylation sites (N-methyl/N-ethyl adjacent to an activating group) is 1. The summed E-state index contributed by atoms with van der Waals surface area (Å²) < 4.78 is 19.8. The van der Waals surface area contributed by atoms with E-state index in [0.29, 0.717) is 18.7 Å². The van der Waals surface area contributed by atoms with Crippen molar-refractivity contribution in [2.24, 2.45) is 0 Å². The lowest BCUT2D eigenvalue weighted by molar-refractivity contribution is 0.0638. The molecule has 0 saturated carbocycles. The molecule has 136 valence electrons. The summed E-state index contributed by atoms with van der Waals surface area (Å²) in [5.41, 5.74) is 2.09. The molecule has 25 heavy (non-hydrogen) atoms. The molecule has 1 aliphatic heterocycles. The minimum atomic E-state index is -0.358. The van der Waals surface area contributed by atoms with Gasteiger partial charge in [-0.05, 0) is 48.7 Å². The van der Waals surface area contributed by atoms with E-state index in [0.717, 1.165) is 24.9 Å². The van der Waals surface area contributed by atoms with Crippen LogP contribution in [0.5, 0.6) is 5.75 Å². The van der Waals surface area contributed by atoms with Gasteiger partial charge in [-0.3, -0.25) is 4.90 Å². The second kappa shape index (κ2) is 9.18. The van der Waals surface area contributed by atoms with E-state index in [1.807, 2.05) is 18.2 Å². The molecule has 0 spiro atoms. The van der Waals surface area contributed by atoms with E-state index in [-0.39, 0.29) is 30.6 Å². The summed E-state index contributed by atoms with van der Waals surface area (Å²) in [7, 11) is 0. The smallest absolute Gasteiger partial charge is 0.155 e. The summed E-state index contributed by atoms with van der Waals surface area (Å²) in [5, 5.41) is 9.86. The van der Waals surface area contributed by atoms with Crippen LogP contribution < -0.4 is 4.74 Å². The Kier molecular flexibility index (Phi) is 7.24. The molecule has 2 aromatic carbocycles. The Morgan fingerprint density at radius 1 is 1.16 bits per heavy atom. The van der Waals surface area contributed by atoms with Gasteiger partial charge < -0.3 is 9.84 Å². The van der Waals surface area contributed by atoms with Gasteiger partial charge >= 0.3 is 0 Å². The van der Waals surface area contributed by atoms with Gasteiger partial charge in [0.15, 0.2) is 6.23 Å². The van der Waals surface area contributed by atoms with Crippen LogP contribution >= 0.6 is 12.4 Å². The normalized spacial score (nSPS) is 20.3. The molecule has 5 heteroatoms. The summed E-state index contributed by atoms with van der Waals surface area (Å²) in [5.74, 6) is 0.467. The molecule has 0 bridgehead atoms. The number of aryl methyl sites for hydroxylation is 2. The third kappa shape index (κ3) is 5.18. The first-order valence-electron chi connectivity index (χ1n) is 8.57. The number of rotatable bonds is 6. The Bertz CT molecular complexity index is 668. The van der Waals surface area contributed by atoms with Gasteiger partial charge in [0.1, 0.15) is 11.6 Å². The minimum Gasteiger partial charge on any atom is -0.475 e. The molecule has 0 aliphatic carbocycles. The maximum absolute atomic E-state index is 13.7. The first-order chi connectivity index (χ1) is 11.7. The highest BCUT2D eigenvalue weighted by Crippen LogP contribution is 2.27. The van der Waals surface area contributed by atoms with Crippen LogP contribution in [-0.2, 0) is 12.8 Å². The van der Waals surface area contributed by atoms with Gasteiger partial charge in [0.25, 0.3) is 0 Å². The van der Waals surface area contributed by atoms with Crippen molar-refractivity contribution in [3.8, 4) is 5.75 Å². The number of β-amino-alcohol motifs (C(OH)–C–C–N with tert-alkyl or cyclic N) is 1. The zero-order valence-electron chi connectivity index (χ0n) is 14.4. The Labute approximate surface area is 154 Å². The topological polar surface area (TPSA) is 32.7 Å². The SMILES string of the molecule is CCN1CC(O)CC1Oc1ccc(F)cc1CCc1ccccc1.Cl. The standard InChI is InChI=1S/C20H24FNO2.ClH/c1-2-22-14-18(23)13-20(22)24-19-11-10-17(21)12-16(19)9-8-15-6-4-3-5-7-15;/h3-7,10-12,18,20,23H,2,8-9,13-14H2,1H3;1H. The maximum atomic E-state index is 13.7. The van der Waals surface area contributed by atoms with Gasteiger partial charge in [-0.2, -0.15) is 0 Å². The van der Waals surface area contributed by atoms with Crippen molar-refractivity contribution in [3.05, 3.63) is 65.5 Å². The van der Waals surface area contributed by atoms with E-state index >= 15 is 0 Å². The highest BCUT2D eigenvalue weighted by Gasteiger charge is 2.31. The van der Waals surface area contributed by atoms with Crippen LogP contribution in [0.2, 0.25) is 0 Å². The van der Waals surface area contributed by atoms with E-state index in [9.17, 15) is 9.50 Å². The number of likely N-dealkylation sites (tertiary alicyclic amines) is 1. The maximum Gasteiger partial charge on any atom is 0.155 e. The average Bonchev–Trinajstić information content (AvgIpc) is 2.95. The van der Waals surface area contributed by atoms with Crippen molar-refractivity contribution >= 4 is 12.4 Å². The Morgan fingerprint density at radius 3 is 2.64 bits per heavy atom. The van der Waals surface area contributed by atoms with Gasteiger partial charge in [-0.1, -0.05) is 37.3 Å². The predicted octanol–water partition coefficient (Wildman–Crippen LogP) is 3.82. The minimum absolute atomic E-state index is 0. The molecular formula is C20H25ClFNO2. The van der Waals surface area contributed by atoms with Gasteiger partial charge in [-0.25, -0.2) is 4.39 Å². The van der Waals surface area contributed by atoms with E-state index < -0.39 is 0 Å². The second-order valence-electron chi connectivity index (χ2n) is 6.29. The Balaban J connectivity index is 0.00000225. The summed E-state index contributed by atoms with van der Waals surface area (Å²) in [6, 6.07) is 14.9. The lowest BCUT2D eigenvalue weighted by Gasteiger charge is -2.24. The molecule has 1 heterocycles. The highest BCUT2D eigenvalue weighted by atomic mass is 35.5. The molecule has 2 unspecified atom stereocenters. The summed E-state index contributed by atoms with van der Waals surface area (Å²) in [6.07, 6.45) is 1.64. The zero-order chi connectivity index (χ0) is 16.9.